The number of nitrogens with one attached hydrogen (secondary N) is 1. The molecule has 2 saturated carbocycles. The first-order chi connectivity index (χ1) is 8.66. The highest BCUT2D eigenvalue weighted by atomic mass is 16.4. The first-order valence-corrected chi connectivity index (χ1v) is 6.95. The molecule has 3 rings (SSSR count). The molecule has 5 heteroatoms. The Balaban J connectivity index is 1.67. The lowest BCUT2D eigenvalue weighted by Gasteiger charge is -2.30. The number of carboxylic acid groups (broad SMARTS) is 1. The van der Waals surface area contributed by atoms with Crippen LogP contribution in [0.25, 0.3) is 0 Å². The lowest BCUT2D eigenvalue weighted by atomic mass is 9.84. The fourth-order valence-corrected chi connectivity index (χ4v) is 4.01. The largest absolute Gasteiger partial charge is 0.481 e. The minimum atomic E-state index is -0.742. The van der Waals surface area contributed by atoms with Crippen molar-refractivity contribution in [3.63, 3.8) is 0 Å². The Kier molecular flexibility index (Phi) is 2.92. The predicted octanol–water partition coefficient (Wildman–Crippen LogP) is 1.29. The van der Waals surface area contributed by atoms with Crippen LogP contribution >= 0.6 is 0 Å². The zero-order valence-corrected chi connectivity index (χ0v) is 10.5. The fourth-order valence-electron chi connectivity index (χ4n) is 4.01. The minimum Gasteiger partial charge on any atom is -0.481 e. The molecular weight excluding hydrogens is 232 g/mol. The number of hydrogen-bond donors (Lipinski definition) is 2. The van der Waals surface area contributed by atoms with Crippen LogP contribution in [0.2, 0.25) is 0 Å². The highest BCUT2D eigenvalue weighted by Gasteiger charge is 2.51. The Morgan fingerprint density at radius 3 is 2.44 bits per heavy atom. The average Bonchev–Trinajstić information content (AvgIpc) is 3.05. The molecule has 2 aliphatic carbocycles. The van der Waals surface area contributed by atoms with Crippen molar-refractivity contribution in [1.82, 2.24) is 10.2 Å². The van der Waals surface area contributed by atoms with E-state index >= 15 is 0 Å². The van der Waals surface area contributed by atoms with Gasteiger partial charge in [0.05, 0.1) is 5.92 Å². The Labute approximate surface area is 107 Å². The quantitative estimate of drug-likeness (QED) is 0.778. The van der Waals surface area contributed by atoms with Gasteiger partial charge in [-0.3, -0.25) is 4.79 Å². The number of nitrogens with zero attached hydrogens (tertiary/aromatic N) is 1. The summed E-state index contributed by atoms with van der Waals surface area (Å²) in [7, 11) is 0. The van der Waals surface area contributed by atoms with E-state index in [4.69, 9.17) is 0 Å². The van der Waals surface area contributed by atoms with Crippen LogP contribution < -0.4 is 5.32 Å². The van der Waals surface area contributed by atoms with Gasteiger partial charge in [0.15, 0.2) is 0 Å². The molecule has 4 atom stereocenters. The first kappa shape index (κ1) is 11.8. The Hall–Kier alpha value is -1.26. The second kappa shape index (κ2) is 4.44. The molecule has 1 aliphatic heterocycles. The van der Waals surface area contributed by atoms with E-state index in [1.165, 1.54) is 0 Å². The molecule has 2 amide bonds. The average molecular weight is 252 g/mol. The van der Waals surface area contributed by atoms with Gasteiger partial charge < -0.3 is 15.3 Å². The Morgan fingerprint density at radius 2 is 1.78 bits per heavy atom. The predicted molar refractivity (Wildman–Crippen MR) is 65.1 cm³/mol. The number of amides is 2. The normalized spacial score (nSPS) is 38.1. The third-order valence-corrected chi connectivity index (χ3v) is 4.88. The molecule has 0 aromatic heterocycles. The number of fused-ring (bicyclic) bond motifs is 2. The number of hydrogen-bond acceptors (Lipinski definition) is 2. The molecule has 0 aromatic rings. The molecule has 100 valence electrons. The second-order valence-corrected chi connectivity index (χ2v) is 5.87. The number of aliphatic carboxylic acids is 1. The van der Waals surface area contributed by atoms with Crippen molar-refractivity contribution in [3.8, 4) is 0 Å². The van der Waals surface area contributed by atoms with Crippen LogP contribution in [0.5, 0.6) is 0 Å². The monoisotopic (exact) mass is 252 g/mol. The molecule has 1 heterocycles. The third-order valence-electron chi connectivity index (χ3n) is 4.88. The number of carbonyl (C=O) groups excluding carboxylic acids is 1. The van der Waals surface area contributed by atoms with Gasteiger partial charge in [0.1, 0.15) is 0 Å². The molecule has 1 saturated heterocycles. The molecule has 0 spiro atoms. The summed E-state index contributed by atoms with van der Waals surface area (Å²) >= 11 is 0. The molecule has 4 unspecified atom stereocenters. The van der Waals surface area contributed by atoms with E-state index in [2.05, 4.69) is 5.32 Å². The van der Waals surface area contributed by atoms with Gasteiger partial charge in [0, 0.05) is 19.1 Å². The van der Waals surface area contributed by atoms with E-state index < -0.39 is 5.97 Å². The maximum atomic E-state index is 12.1. The van der Waals surface area contributed by atoms with Gasteiger partial charge >= 0.3 is 12.0 Å². The molecule has 2 N–H and O–H groups in total. The smallest absolute Gasteiger partial charge is 0.317 e. The minimum absolute atomic E-state index is 0.0590. The summed E-state index contributed by atoms with van der Waals surface area (Å²) in [5.41, 5.74) is 0. The molecule has 18 heavy (non-hydrogen) atoms. The van der Waals surface area contributed by atoms with E-state index in [1.54, 1.807) is 0 Å². The van der Waals surface area contributed by atoms with Crippen LogP contribution in [0.15, 0.2) is 0 Å². The SMILES string of the molecule is O=C(O)C1C2CCC(C2)C1NC(=O)N1CCCC1. The number of carbonyl (C=O) groups is 2. The van der Waals surface area contributed by atoms with Crippen molar-refractivity contribution in [1.29, 1.82) is 0 Å². The number of urea groups is 1. The van der Waals surface area contributed by atoms with Gasteiger partial charge in [0.25, 0.3) is 0 Å². The van der Waals surface area contributed by atoms with E-state index in [0.717, 1.165) is 45.2 Å². The van der Waals surface area contributed by atoms with Crippen LogP contribution in [0.1, 0.15) is 32.1 Å². The standard InChI is InChI=1S/C13H20N2O3/c16-12(17)10-8-3-4-9(7-8)11(10)14-13(18)15-5-1-2-6-15/h8-11H,1-7H2,(H,14,18)(H,16,17). The number of rotatable bonds is 2. The maximum Gasteiger partial charge on any atom is 0.317 e. The lowest BCUT2D eigenvalue weighted by Crippen LogP contribution is -2.50. The highest BCUT2D eigenvalue weighted by Crippen LogP contribution is 2.48. The summed E-state index contributed by atoms with van der Waals surface area (Å²) in [5.74, 6) is -0.455. The lowest BCUT2D eigenvalue weighted by molar-refractivity contribution is -0.144. The first-order valence-electron chi connectivity index (χ1n) is 6.95. The molecule has 3 aliphatic rings. The molecule has 5 nitrogen and oxygen atoms in total. The summed E-state index contributed by atoms with van der Waals surface area (Å²) in [4.78, 5) is 25.2. The molecule has 2 bridgehead atoms. The molecule has 3 fully saturated rings. The van der Waals surface area contributed by atoms with E-state index in [1.807, 2.05) is 4.90 Å². The van der Waals surface area contributed by atoms with Gasteiger partial charge in [-0.05, 0) is 43.9 Å². The Morgan fingerprint density at radius 1 is 1.11 bits per heavy atom. The summed E-state index contributed by atoms with van der Waals surface area (Å²) < 4.78 is 0. The van der Waals surface area contributed by atoms with Crippen LogP contribution in [-0.4, -0.2) is 41.1 Å². The summed E-state index contributed by atoms with van der Waals surface area (Å²) in [6.45, 7) is 1.62. The fraction of sp³-hybridized carbons (Fsp3) is 0.846. The van der Waals surface area contributed by atoms with Crippen molar-refractivity contribution < 1.29 is 14.7 Å². The van der Waals surface area contributed by atoms with Gasteiger partial charge in [-0.25, -0.2) is 4.79 Å². The van der Waals surface area contributed by atoms with Gasteiger partial charge in [0.2, 0.25) is 0 Å². The van der Waals surface area contributed by atoms with Crippen molar-refractivity contribution in [3.05, 3.63) is 0 Å². The summed E-state index contributed by atoms with van der Waals surface area (Å²) in [5, 5.41) is 12.3. The topological polar surface area (TPSA) is 69.6 Å². The van der Waals surface area contributed by atoms with Crippen LogP contribution in [0, 0.1) is 17.8 Å². The van der Waals surface area contributed by atoms with Gasteiger partial charge in [-0.2, -0.15) is 0 Å². The number of likely N-dealkylation sites (tertiary alicyclic amines) is 1. The van der Waals surface area contributed by atoms with Crippen molar-refractivity contribution in [2.45, 2.75) is 38.1 Å². The summed E-state index contributed by atoms with van der Waals surface area (Å²) in [6, 6.07) is -0.203. The molecule has 0 radical (unpaired) electrons. The van der Waals surface area contributed by atoms with E-state index in [-0.39, 0.29) is 23.9 Å². The molecule has 0 aromatic carbocycles. The van der Waals surface area contributed by atoms with Crippen LogP contribution in [0.4, 0.5) is 4.79 Å². The van der Waals surface area contributed by atoms with Crippen molar-refractivity contribution in [2.24, 2.45) is 17.8 Å². The number of carboxylic acids is 1. The van der Waals surface area contributed by atoms with E-state index in [0.29, 0.717) is 5.92 Å². The zero-order valence-electron chi connectivity index (χ0n) is 10.5. The molecular formula is C13H20N2O3. The van der Waals surface area contributed by atoms with Crippen LogP contribution in [0.3, 0.4) is 0 Å². The third kappa shape index (κ3) is 1.85. The van der Waals surface area contributed by atoms with Gasteiger partial charge in [-0.1, -0.05) is 0 Å². The Bertz CT molecular complexity index is 365. The zero-order chi connectivity index (χ0) is 12.7. The maximum absolute atomic E-state index is 12.1. The second-order valence-electron chi connectivity index (χ2n) is 5.87. The van der Waals surface area contributed by atoms with E-state index in [9.17, 15) is 14.7 Å². The van der Waals surface area contributed by atoms with Crippen molar-refractivity contribution >= 4 is 12.0 Å². The highest BCUT2D eigenvalue weighted by molar-refractivity contribution is 5.77. The van der Waals surface area contributed by atoms with Crippen LogP contribution in [-0.2, 0) is 4.79 Å². The summed E-state index contributed by atoms with van der Waals surface area (Å²) in [6.07, 6.45) is 5.18. The van der Waals surface area contributed by atoms with Crippen molar-refractivity contribution in [2.75, 3.05) is 13.1 Å². The van der Waals surface area contributed by atoms with Gasteiger partial charge in [-0.15, -0.1) is 0 Å².